The number of amides is 1. The molecule has 3 aromatic carbocycles. The number of fused-ring (bicyclic) bond motifs is 2. The molecule has 2 N–H and O–H groups in total. The number of hydrogen-bond acceptors (Lipinski definition) is 6. The molecule has 0 unspecified atom stereocenters. The van der Waals surface area contributed by atoms with Gasteiger partial charge >= 0.3 is 0 Å². The first-order valence-corrected chi connectivity index (χ1v) is 17.5. The highest BCUT2D eigenvalue weighted by Crippen LogP contribution is 2.27. The molecule has 8 rings (SSSR count). The molecule has 1 saturated heterocycles. The smallest absolute Gasteiger partial charge is 0.255 e. The molecule has 0 spiro atoms. The summed E-state index contributed by atoms with van der Waals surface area (Å²) in [7, 11) is 2.02. The summed E-state index contributed by atoms with van der Waals surface area (Å²) in [6.45, 7) is 8.41. The van der Waals surface area contributed by atoms with E-state index < -0.39 is 5.82 Å². The van der Waals surface area contributed by atoms with Crippen LogP contribution in [0.3, 0.4) is 0 Å². The first-order chi connectivity index (χ1) is 24.7. The van der Waals surface area contributed by atoms with Gasteiger partial charge in [-0.2, -0.15) is 0 Å². The molecule has 5 heterocycles. The molecule has 1 amide bonds. The monoisotopic (exact) mass is 706 g/mol. The Morgan fingerprint density at radius 2 is 1.88 bits per heavy atom. The van der Waals surface area contributed by atoms with E-state index in [1.165, 1.54) is 12.5 Å². The fourth-order valence-corrected chi connectivity index (χ4v) is 6.41. The van der Waals surface area contributed by atoms with Crippen LogP contribution >= 0.6 is 11.6 Å². The summed E-state index contributed by atoms with van der Waals surface area (Å²) in [5.74, 6) is 0.849. The van der Waals surface area contributed by atoms with Gasteiger partial charge < -0.3 is 24.3 Å². The predicted molar refractivity (Wildman–Crippen MR) is 200 cm³/mol. The number of anilines is 1. The average molecular weight is 707 g/mol. The minimum Gasteiger partial charge on any atom is -0.473 e. The van der Waals surface area contributed by atoms with Gasteiger partial charge in [0, 0.05) is 78.4 Å². The summed E-state index contributed by atoms with van der Waals surface area (Å²) in [6.07, 6.45) is 6.27. The standard InChI is InChI=1S/C37H34ClFN6O2.C3H6O/c1-22-15-26(16-29-23(2)19-40-36(22)29)37(46)41-28-9-10-33-32(18-28)42-34(44(33)3)20-45-13-11-24(12-14-45)31-5-4-6-35(43-31)47-21-25-7-8-27(38)17-30(25)39;1-2-4-3-1/h4-11,15-19,40H,12-14,20-21H2,1-3H3,(H,41,46);1-3H2. The summed E-state index contributed by atoms with van der Waals surface area (Å²) in [5, 5.41) is 4.46. The fourth-order valence-electron chi connectivity index (χ4n) is 6.25. The SMILES string of the molecule is C1COC1.Cc1c[nH]c2c(C)cc(C(=O)Nc3ccc4c(c3)nc(CN3CC=C(c5cccc(OCc6ccc(Cl)cc6F)n5)CC3)n4C)cc12. The highest BCUT2D eigenvalue weighted by atomic mass is 35.5. The van der Waals surface area contributed by atoms with E-state index in [1.807, 2.05) is 69.6 Å². The number of rotatable bonds is 8. The van der Waals surface area contributed by atoms with Gasteiger partial charge in [0.05, 0.1) is 23.3 Å². The lowest BCUT2D eigenvalue weighted by molar-refractivity contribution is 0.0367. The highest BCUT2D eigenvalue weighted by molar-refractivity contribution is 6.30. The van der Waals surface area contributed by atoms with Crippen molar-refractivity contribution in [3.8, 4) is 5.88 Å². The molecule has 2 aliphatic heterocycles. The van der Waals surface area contributed by atoms with E-state index in [2.05, 4.69) is 30.8 Å². The third kappa shape index (κ3) is 7.83. The number of carbonyl (C=O) groups is 1. The number of nitrogens with one attached hydrogen (secondary N) is 2. The molecule has 0 saturated carbocycles. The summed E-state index contributed by atoms with van der Waals surface area (Å²) >= 11 is 5.86. The third-order valence-electron chi connectivity index (χ3n) is 9.37. The van der Waals surface area contributed by atoms with Crippen molar-refractivity contribution in [3.05, 3.63) is 124 Å². The maximum absolute atomic E-state index is 14.2. The second-order valence-electron chi connectivity index (χ2n) is 13.0. The summed E-state index contributed by atoms with van der Waals surface area (Å²) < 4.78 is 26.8. The van der Waals surface area contributed by atoms with Crippen molar-refractivity contribution in [1.29, 1.82) is 0 Å². The van der Waals surface area contributed by atoms with Crippen LogP contribution < -0.4 is 10.1 Å². The third-order valence-corrected chi connectivity index (χ3v) is 9.60. The van der Waals surface area contributed by atoms with Crippen LogP contribution in [0.25, 0.3) is 27.5 Å². The van der Waals surface area contributed by atoms with Crippen molar-refractivity contribution in [2.75, 3.05) is 31.6 Å². The number of ether oxygens (including phenoxy) is 2. The lowest BCUT2D eigenvalue weighted by Crippen LogP contribution is -2.29. The van der Waals surface area contributed by atoms with Gasteiger partial charge in [-0.15, -0.1) is 0 Å². The zero-order valence-corrected chi connectivity index (χ0v) is 29.7. The van der Waals surface area contributed by atoms with Gasteiger partial charge in [0.15, 0.2) is 0 Å². The van der Waals surface area contributed by atoms with Crippen molar-refractivity contribution >= 4 is 50.7 Å². The van der Waals surface area contributed by atoms with E-state index in [1.54, 1.807) is 18.2 Å². The maximum Gasteiger partial charge on any atom is 0.255 e. The molecule has 0 aliphatic carbocycles. The van der Waals surface area contributed by atoms with Gasteiger partial charge in [-0.3, -0.25) is 9.69 Å². The van der Waals surface area contributed by atoms with Crippen LogP contribution in [0.1, 0.15) is 51.4 Å². The largest absolute Gasteiger partial charge is 0.473 e. The van der Waals surface area contributed by atoms with Gasteiger partial charge in [0.25, 0.3) is 5.91 Å². The number of nitrogens with zero attached hydrogens (tertiary/aromatic N) is 4. The number of hydrogen-bond donors (Lipinski definition) is 2. The molecular formula is C40H40ClFN6O3. The van der Waals surface area contributed by atoms with Crippen LogP contribution in [-0.2, 0) is 24.9 Å². The van der Waals surface area contributed by atoms with Crippen molar-refractivity contribution < 1.29 is 18.7 Å². The Balaban J connectivity index is 0.000000950. The molecule has 262 valence electrons. The Morgan fingerprint density at radius 3 is 2.63 bits per heavy atom. The molecular weight excluding hydrogens is 667 g/mol. The number of benzene rings is 3. The van der Waals surface area contributed by atoms with E-state index in [4.69, 9.17) is 26.1 Å². The van der Waals surface area contributed by atoms with Crippen molar-refractivity contribution in [2.24, 2.45) is 7.05 Å². The molecule has 11 heteroatoms. The molecule has 1 fully saturated rings. The molecule has 9 nitrogen and oxygen atoms in total. The fraction of sp³-hybridized carbons (Fsp3) is 0.275. The van der Waals surface area contributed by atoms with Crippen LogP contribution in [0.15, 0.2) is 79.0 Å². The summed E-state index contributed by atoms with van der Waals surface area (Å²) in [4.78, 5) is 28.4. The second kappa shape index (κ2) is 15.1. The Kier molecular flexibility index (Phi) is 10.2. The minimum absolute atomic E-state index is 0.0714. The van der Waals surface area contributed by atoms with E-state index in [9.17, 15) is 9.18 Å². The number of pyridine rings is 1. The van der Waals surface area contributed by atoms with Gasteiger partial charge in [-0.25, -0.2) is 14.4 Å². The lowest BCUT2D eigenvalue weighted by atomic mass is 10.0. The molecule has 0 atom stereocenters. The van der Waals surface area contributed by atoms with Crippen LogP contribution in [0.4, 0.5) is 10.1 Å². The van der Waals surface area contributed by atoms with Gasteiger partial charge in [-0.1, -0.05) is 29.8 Å². The number of aromatic nitrogens is 4. The molecule has 0 radical (unpaired) electrons. The Bertz CT molecular complexity index is 2250. The first kappa shape index (κ1) is 34.4. The Morgan fingerprint density at radius 1 is 1.06 bits per heavy atom. The Labute approximate surface area is 301 Å². The van der Waals surface area contributed by atoms with Crippen molar-refractivity contribution in [3.63, 3.8) is 0 Å². The van der Waals surface area contributed by atoms with Crippen LogP contribution in [0.2, 0.25) is 5.02 Å². The number of H-pyrrole nitrogens is 1. The molecule has 2 aliphatic rings. The van der Waals surface area contributed by atoms with E-state index in [-0.39, 0.29) is 12.5 Å². The molecule has 3 aromatic heterocycles. The van der Waals surface area contributed by atoms with Crippen LogP contribution in [0, 0.1) is 19.7 Å². The van der Waals surface area contributed by atoms with Gasteiger partial charge in [0.1, 0.15) is 18.2 Å². The zero-order valence-electron chi connectivity index (χ0n) is 28.9. The number of aromatic amines is 1. The van der Waals surface area contributed by atoms with E-state index in [0.29, 0.717) is 34.3 Å². The summed E-state index contributed by atoms with van der Waals surface area (Å²) in [6, 6.07) is 19.9. The van der Waals surface area contributed by atoms with E-state index in [0.717, 1.165) is 82.9 Å². The zero-order chi connectivity index (χ0) is 35.5. The van der Waals surface area contributed by atoms with Gasteiger partial charge in [-0.05, 0) is 91.9 Å². The number of carbonyl (C=O) groups excluding carboxylic acids is 1. The average Bonchev–Trinajstić information content (AvgIpc) is 3.62. The quantitative estimate of drug-likeness (QED) is 0.165. The van der Waals surface area contributed by atoms with Gasteiger partial charge in [0.2, 0.25) is 5.88 Å². The van der Waals surface area contributed by atoms with Crippen molar-refractivity contribution in [2.45, 2.75) is 39.8 Å². The molecule has 51 heavy (non-hydrogen) atoms. The van der Waals surface area contributed by atoms with Crippen LogP contribution in [-0.4, -0.2) is 56.6 Å². The van der Waals surface area contributed by atoms with Crippen LogP contribution in [0.5, 0.6) is 5.88 Å². The number of imidazole rings is 1. The molecule has 0 bridgehead atoms. The minimum atomic E-state index is -0.400. The highest BCUT2D eigenvalue weighted by Gasteiger charge is 2.19. The van der Waals surface area contributed by atoms with Crippen molar-refractivity contribution in [1.82, 2.24) is 24.4 Å². The number of halogens is 2. The molecule has 6 aromatic rings. The first-order valence-electron chi connectivity index (χ1n) is 17.1. The second-order valence-corrected chi connectivity index (χ2v) is 13.4. The lowest BCUT2D eigenvalue weighted by Gasteiger charge is -2.25. The maximum atomic E-state index is 14.2. The van der Waals surface area contributed by atoms with E-state index >= 15 is 0 Å². The summed E-state index contributed by atoms with van der Waals surface area (Å²) in [5.41, 5.74) is 8.80. The normalized spacial score (nSPS) is 14.5. The topological polar surface area (TPSA) is 97.3 Å². The number of aryl methyl sites for hydroxylation is 3. The predicted octanol–water partition coefficient (Wildman–Crippen LogP) is 8.39. The Hall–Kier alpha value is -5.03.